The van der Waals surface area contributed by atoms with Crippen LogP contribution in [0.3, 0.4) is 0 Å². The molecule has 0 aromatic carbocycles. The number of hydrogen-bond donors (Lipinski definition) is 1. The zero-order valence-corrected chi connectivity index (χ0v) is 14.2. The summed E-state index contributed by atoms with van der Waals surface area (Å²) in [5, 5.41) is 12.9. The summed E-state index contributed by atoms with van der Waals surface area (Å²) < 4.78 is 26.3. The molecule has 0 spiro atoms. The zero-order valence-electron chi connectivity index (χ0n) is 11.8. The minimum Gasteiger partial charge on any atom is -0.296 e. The molecule has 3 heterocycles. The van der Waals surface area contributed by atoms with Crippen molar-refractivity contribution < 1.29 is 13.2 Å². The molecule has 118 valence electrons. The number of carbonyl (C=O) groups is 1. The summed E-state index contributed by atoms with van der Waals surface area (Å²) >= 11 is 2.38. The molecule has 0 radical (unpaired) electrons. The Morgan fingerprint density at radius 1 is 1.32 bits per heavy atom. The Bertz CT molecular complexity index is 790. The van der Waals surface area contributed by atoms with Crippen LogP contribution in [0.1, 0.15) is 27.5 Å². The summed E-state index contributed by atoms with van der Waals surface area (Å²) in [6.45, 7) is 2.88. The van der Waals surface area contributed by atoms with Crippen LogP contribution in [0, 0.1) is 6.92 Å². The summed E-state index contributed by atoms with van der Waals surface area (Å²) in [5.41, 5.74) is 0. The highest BCUT2D eigenvalue weighted by atomic mass is 32.2. The number of carbonyl (C=O) groups excluding carboxylic acids is 1. The number of hydrogen-bond acceptors (Lipinski definition) is 7. The molecule has 1 aliphatic heterocycles. The predicted octanol–water partition coefficient (Wildman–Crippen LogP) is 1.94. The number of anilines is 1. The average Bonchev–Trinajstić information content (AvgIpc) is 3.20. The summed E-state index contributed by atoms with van der Waals surface area (Å²) in [4.78, 5) is 12.6. The molecule has 2 aromatic heterocycles. The Balaban J connectivity index is 1.77. The van der Waals surface area contributed by atoms with Gasteiger partial charge in [0.15, 0.2) is 0 Å². The van der Waals surface area contributed by atoms with E-state index >= 15 is 0 Å². The number of nitrogens with one attached hydrogen (secondary N) is 1. The van der Waals surface area contributed by atoms with Gasteiger partial charge in [-0.25, -0.2) is 8.42 Å². The largest absolute Gasteiger partial charge is 0.296 e. The van der Waals surface area contributed by atoms with Crippen LogP contribution in [-0.2, 0) is 10.0 Å². The van der Waals surface area contributed by atoms with Crippen molar-refractivity contribution in [2.45, 2.75) is 24.7 Å². The molecule has 10 heteroatoms. The number of sulfonamides is 1. The molecule has 22 heavy (non-hydrogen) atoms. The van der Waals surface area contributed by atoms with Gasteiger partial charge in [-0.15, -0.1) is 21.5 Å². The molecule has 0 saturated carbocycles. The number of aryl methyl sites for hydroxylation is 1. The lowest BCUT2D eigenvalue weighted by atomic mass is 10.4. The summed E-state index contributed by atoms with van der Waals surface area (Å²) in [5.74, 6) is -0.371. The van der Waals surface area contributed by atoms with Gasteiger partial charge in [0.2, 0.25) is 15.2 Å². The maximum atomic E-state index is 12.4. The van der Waals surface area contributed by atoms with E-state index < -0.39 is 10.0 Å². The molecule has 7 nitrogen and oxygen atoms in total. The van der Waals surface area contributed by atoms with Crippen LogP contribution < -0.4 is 5.32 Å². The van der Waals surface area contributed by atoms with E-state index in [0.29, 0.717) is 23.1 Å². The minimum atomic E-state index is -3.48. The van der Waals surface area contributed by atoms with E-state index in [1.165, 1.54) is 27.1 Å². The summed E-state index contributed by atoms with van der Waals surface area (Å²) in [7, 11) is -3.48. The van der Waals surface area contributed by atoms with Crippen molar-refractivity contribution in [2.75, 3.05) is 18.4 Å². The van der Waals surface area contributed by atoms with Gasteiger partial charge in [-0.2, -0.15) is 4.31 Å². The Morgan fingerprint density at radius 2 is 2.05 bits per heavy atom. The molecule has 0 atom stereocenters. The van der Waals surface area contributed by atoms with E-state index in [4.69, 9.17) is 0 Å². The molecular weight excluding hydrogens is 344 g/mol. The second-order valence-electron chi connectivity index (χ2n) is 4.84. The van der Waals surface area contributed by atoms with Crippen molar-refractivity contribution >= 4 is 43.7 Å². The van der Waals surface area contributed by atoms with Crippen molar-refractivity contribution in [3.63, 3.8) is 0 Å². The minimum absolute atomic E-state index is 0.179. The molecule has 0 unspecified atom stereocenters. The predicted molar refractivity (Wildman–Crippen MR) is 84.9 cm³/mol. The lowest BCUT2D eigenvalue weighted by molar-refractivity contribution is 0.103. The Labute approximate surface area is 136 Å². The topological polar surface area (TPSA) is 92.3 Å². The van der Waals surface area contributed by atoms with Gasteiger partial charge in [0.05, 0.1) is 9.77 Å². The molecular formula is C12H14N4O3S3. The van der Waals surface area contributed by atoms with Gasteiger partial charge >= 0.3 is 0 Å². The van der Waals surface area contributed by atoms with Crippen molar-refractivity contribution in [1.29, 1.82) is 0 Å². The monoisotopic (exact) mass is 358 g/mol. The fourth-order valence-electron chi connectivity index (χ4n) is 2.16. The van der Waals surface area contributed by atoms with Gasteiger partial charge in [0, 0.05) is 18.5 Å². The molecule has 1 saturated heterocycles. The first-order valence-electron chi connectivity index (χ1n) is 6.67. The van der Waals surface area contributed by atoms with Gasteiger partial charge in [-0.1, -0.05) is 11.3 Å². The SMILES string of the molecule is Cc1nnc(NC(=O)c2cc(S(=O)(=O)N3CCCC3)cs2)s1. The van der Waals surface area contributed by atoms with E-state index in [1.54, 1.807) is 6.92 Å². The Morgan fingerprint density at radius 3 is 2.68 bits per heavy atom. The first-order valence-corrected chi connectivity index (χ1v) is 9.80. The van der Waals surface area contributed by atoms with E-state index in [9.17, 15) is 13.2 Å². The number of nitrogens with zero attached hydrogens (tertiary/aromatic N) is 3. The first kappa shape index (κ1) is 15.5. The third-order valence-electron chi connectivity index (χ3n) is 3.25. The Kier molecular flexibility index (Phi) is 4.26. The molecule has 2 aromatic rings. The van der Waals surface area contributed by atoms with Crippen molar-refractivity contribution in [3.05, 3.63) is 21.3 Å². The number of thiophene rings is 1. The van der Waals surface area contributed by atoms with Gasteiger partial charge in [-0.3, -0.25) is 10.1 Å². The fourth-order valence-corrected chi connectivity index (χ4v) is 5.42. The van der Waals surface area contributed by atoms with Crippen LogP contribution in [0.5, 0.6) is 0 Å². The lowest BCUT2D eigenvalue weighted by Gasteiger charge is -2.13. The van der Waals surface area contributed by atoms with Crippen molar-refractivity contribution in [2.24, 2.45) is 0 Å². The van der Waals surface area contributed by atoms with Crippen LogP contribution in [-0.4, -0.2) is 41.9 Å². The van der Waals surface area contributed by atoms with Gasteiger partial charge in [0.1, 0.15) is 5.01 Å². The van der Waals surface area contributed by atoms with E-state index in [-0.39, 0.29) is 10.8 Å². The van der Waals surface area contributed by atoms with Gasteiger partial charge in [-0.05, 0) is 25.8 Å². The second-order valence-corrected chi connectivity index (χ2v) is 8.87. The molecule has 0 aliphatic carbocycles. The first-order chi connectivity index (χ1) is 10.5. The summed E-state index contributed by atoms with van der Waals surface area (Å²) in [6.07, 6.45) is 1.76. The highest BCUT2D eigenvalue weighted by Crippen LogP contribution is 2.26. The van der Waals surface area contributed by atoms with Crippen LogP contribution >= 0.6 is 22.7 Å². The molecule has 1 amide bonds. The van der Waals surface area contributed by atoms with Crippen molar-refractivity contribution in [1.82, 2.24) is 14.5 Å². The second kappa shape index (κ2) is 6.03. The maximum Gasteiger partial charge on any atom is 0.267 e. The van der Waals surface area contributed by atoms with Gasteiger partial charge < -0.3 is 0 Å². The Hall–Kier alpha value is -1.36. The molecule has 0 bridgehead atoms. The van der Waals surface area contributed by atoms with Gasteiger partial charge in [0.25, 0.3) is 5.91 Å². The lowest BCUT2D eigenvalue weighted by Crippen LogP contribution is -2.27. The number of rotatable bonds is 4. The van der Waals surface area contributed by atoms with E-state index in [0.717, 1.165) is 29.2 Å². The van der Waals surface area contributed by atoms with Crippen LogP contribution in [0.25, 0.3) is 0 Å². The van der Waals surface area contributed by atoms with Crippen LogP contribution in [0.4, 0.5) is 5.13 Å². The smallest absolute Gasteiger partial charge is 0.267 e. The normalized spacial score (nSPS) is 16.0. The molecule has 1 aliphatic rings. The average molecular weight is 358 g/mol. The molecule has 3 rings (SSSR count). The standard InChI is InChI=1S/C12H14N4O3S3/c1-8-14-15-12(21-8)13-11(17)10-6-9(7-20-10)22(18,19)16-4-2-3-5-16/h6-7H,2-5H2,1H3,(H,13,15,17). The number of amides is 1. The fraction of sp³-hybridized carbons (Fsp3) is 0.417. The van der Waals surface area contributed by atoms with E-state index in [2.05, 4.69) is 15.5 Å². The van der Waals surface area contributed by atoms with Crippen LogP contribution in [0.2, 0.25) is 0 Å². The third-order valence-corrected chi connectivity index (χ3v) is 6.96. The molecule has 1 N–H and O–H groups in total. The third kappa shape index (κ3) is 3.05. The molecule has 1 fully saturated rings. The van der Waals surface area contributed by atoms with Crippen molar-refractivity contribution in [3.8, 4) is 0 Å². The highest BCUT2D eigenvalue weighted by Gasteiger charge is 2.28. The zero-order chi connectivity index (χ0) is 15.7. The van der Waals surface area contributed by atoms with E-state index in [1.807, 2.05) is 0 Å². The highest BCUT2D eigenvalue weighted by molar-refractivity contribution is 7.89. The van der Waals surface area contributed by atoms with Crippen LogP contribution in [0.15, 0.2) is 16.3 Å². The number of aromatic nitrogens is 2. The quantitative estimate of drug-likeness (QED) is 0.902. The summed E-state index contributed by atoms with van der Waals surface area (Å²) in [6, 6.07) is 1.42. The maximum absolute atomic E-state index is 12.4.